The van der Waals surface area contributed by atoms with Crippen LogP contribution in [0.1, 0.15) is 61.6 Å². The van der Waals surface area contributed by atoms with E-state index in [-0.39, 0.29) is 5.92 Å². The molecular formula is C22H27N5O. The van der Waals surface area contributed by atoms with Crippen molar-refractivity contribution in [1.29, 1.82) is 0 Å². The number of benzene rings is 1. The zero-order valence-corrected chi connectivity index (χ0v) is 16.7. The highest BCUT2D eigenvalue weighted by molar-refractivity contribution is 5.85. The largest absolute Gasteiger partial charge is 0.335 e. The number of rotatable bonds is 4. The van der Waals surface area contributed by atoms with Gasteiger partial charge in [-0.25, -0.2) is 0 Å². The molecule has 0 aliphatic heterocycles. The van der Waals surface area contributed by atoms with Crippen LogP contribution in [0.2, 0.25) is 0 Å². The maximum Gasteiger partial charge on any atom is 0.226 e. The molecule has 0 N–H and O–H groups in total. The first-order valence-electron chi connectivity index (χ1n) is 10.5. The summed E-state index contributed by atoms with van der Waals surface area (Å²) in [6, 6.07) is 6.88. The smallest absolute Gasteiger partial charge is 0.226 e. The number of aromatic nitrogens is 4. The number of pyridine rings is 1. The fourth-order valence-corrected chi connectivity index (χ4v) is 4.57. The molecule has 0 unspecified atom stereocenters. The van der Waals surface area contributed by atoms with Gasteiger partial charge in [0.15, 0.2) is 5.65 Å². The van der Waals surface area contributed by atoms with Crippen LogP contribution in [0.5, 0.6) is 0 Å². The minimum absolute atomic E-state index is 0.235. The van der Waals surface area contributed by atoms with E-state index in [2.05, 4.69) is 52.5 Å². The van der Waals surface area contributed by atoms with Crippen LogP contribution in [-0.4, -0.2) is 36.9 Å². The van der Waals surface area contributed by atoms with E-state index in [9.17, 15) is 4.79 Å². The number of hydrogen-bond donors (Lipinski definition) is 0. The molecule has 0 atom stereocenters. The first kappa shape index (κ1) is 17.6. The molecule has 146 valence electrons. The van der Waals surface area contributed by atoms with Crippen molar-refractivity contribution in [2.24, 2.45) is 5.92 Å². The lowest BCUT2D eigenvalue weighted by Gasteiger charge is -2.34. The Kier molecular flexibility index (Phi) is 4.29. The molecule has 3 aromatic rings. The number of fused-ring (bicyclic) bond motifs is 3. The predicted octanol–water partition coefficient (Wildman–Crippen LogP) is 3.97. The first-order chi connectivity index (χ1) is 13.6. The van der Waals surface area contributed by atoms with Crippen molar-refractivity contribution in [3.63, 3.8) is 0 Å². The van der Waals surface area contributed by atoms with E-state index in [0.29, 0.717) is 18.5 Å². The molecule has 1 aromatic carbocycles. The minimum Gasteiger partial charge on any atom is -0.335 e. The van der Waals surface area contributed by atoms with Crippen molar-refractivity contribution in [3.8, 4) is 0 Å². The number of nitrogens with zero attached hydrogens (tertiary/aromatic N) is 5. The monoisotopic (exact) mass is 377 g/mol. The van der Waals surface area contributed by atoms with Crippen molar-refractivity contribution in [1.82, 2.24) is 24.9 Å². The topological polar surface area (TPSA) is 63.4 Å². The molecule has 0 radical (unpaired) electrons. The number of amides is 1. The van der Waals surface area contributed by atoms with Gasteiger partial charge in [0, 0.05) is 29.5 Å². The second kappa shape index (κ2) is 6.83. The average molecular weight is 377 g/mol. The van der Waals surface area contributed by atoms with Crippen LogP contribution >= 0.6 is 0 Å². The molecule has 2 aliphatic carbocycles. The van der Waals surface area contributed by atoms with Crippen molar-refractivity contribution < 1.29 is 4.79 Å². The molecule has 0 saturated heterocycles. The van der Waals surface area contributed by atoms with Gasteiger partial charge < -0.3 is 4.90 Å². The fraction of sp³-hybridized carbons (Fsp3) is 0.545. The number of carbonyl (C=O) groups is 1. The summed E-state index contributed by atoms with van der Waals surface area (Å²) in [6.45, 7) is 4.84. The minimum atomic E-state index is 0.235. The van der Waals surface area contributed by atoms with Crippen LogP contribution in [0.25, 0.3) is 16.6 Å². The maximum absolute atomic E-state index is 13.1. The van der Waals surface area contributed by atoms with Crippen molar-refractivity contribution >= 4 is 22.5 Å². The lowest BCUT2D eigenvalue weighted by Crippen LogP contribution is -2.41. The molecule has 2 heterocycles. The Morgan fingerprint density at radius 1 is 1.07 bits per heavy atom. The standard InChI is InChI=1S/C22H27N5O/c1-14-10-17-12-18(21-23-24-25-27(21)20(17)11-15(14)2)13-26(22(28)16-8-9-16)19-6-4-3-5-7-19/h10-12,16,19H,3-9,13H2,1-2H3. The highest BCUT2D eigenvalue weighted by atomic mass is 16.2. The van der Waals surface area contributed by atoms with Gasteiger partial charge in [0.1, 0.15) is 0 Å². The molecule has 5 rings (SSSR count). The summed E-state index contributed by atoms with van der Waals surface area (Å²) < 4.78 is 1.83. The Labute approximate surface area is 164 Å². The van der Waals surface area contributed by atoms with Gasteiger partial charge in [0.05, 0.1) is 5.52 Å². The van der Waals surface area contributed by atoms with Gasteiger partial charge in [0.2, 0.25) is 5.91 Å². The number of aryl methyl sites for hydroxylation is 2. The molecule has 1 amide bonds. The van der Waals surface area contributed by atoms with Crippen LogP contribution in [0.3, 0.4) is 0 Å². The summed E-state index contributed by atoms with van der Waals surface area (Å²) in [7, 11) is 0. The Bertz CT molecular complexity index is 1050. The molecule has 2 aromatic heterocycles. The number of carbonyl (C=O) groups excluding carboxylic acids is 1. The summed E-state index contributed by atoms with van der Waals surface area (Å²) in [5.41, 5.74) is 5.30. The van der Waals surface area contributed by atoms with E-state index in [1.54, 1.807) is 0 Å². The van der Waals surface area contributed by atoms with Crippen molar-refractivity contribution in [2.75, 3.05) is 0 Å². The van der Waals surface area contributed by atoms with Gasteiger partial charge in [0.25, 0.3) is 0 Å². The molecule has 0 bridgehead atoms. The third kappa shape index (κ3) is 3.05. The van der Waals surface area contributed by atoms with E-state index in [1.807, 2.05) is 4.52 Å². The van der Waals surface area contributed by atoms with Crippen LogP contribution in [-0.2, 0) is 11.3 Å². The average Bonchev–Trinajstić information content (AvgIpc) is 3.44. The van der Waals surface area contributed by atoms with Gasteiger partial charge in [-0.05, 0) is 79.3 Å². The zero-order valence-electron chi connectivity index (χ0n) is 16.7. The normalized spacial score (nSPS) is 18.1. The molecule has 0 spiro atoms. The Morgan fingerprint density at radius 2 is 1.82 bits per heavy atom. The zero-order chi connectivity index (χ0) is 19.3. The van der Waals surface area contributed by atoms with Gasteiger partial charge in [-0.1, -0.05) is 19.3 Å². The SMILES string of the molecule is Cc1cc2cc(CN(C(=O)C3CC3)C3CCCCC3)c3nnnn3c2cc1C. The molecule has 2 saturated carbocycles. The highest BCUT2D eigenvalue weighted by Crippen LogP contribution is 2.35. The second-order valence-electron chi connectivity index (χ2n) is 8.61. The second-order valence-corrected chi connectivity index (χ2v) is 8.61. The van der Waals surface area contributed by atoms with E-state index in [4.69, 9.17) is 0 Å². The maximum atomic E-state index is 13.1. The van der Waals surface area contributed by atoms with Crippen LogP contribution in [0.15, 0.2) is 18.2 Å². The third-order valence-electron chi connectivity index (χ3n) is 6.52. The van der Waals surface area contributed by atoms with Gasteiger partial charge in [-0.15, -0.1) is 5.10 Å². The predicted molar refractivity (Wildman–Crippen MR) is 108 cm³/mol. The number of hydrogen-bond acceptors (Lipinski definition) is 4. The highest BCUT2D eigenvalue weighted by Gasteiger charge is 2.37. The van der Waals surface area contributed by atoms with Crippen LogP contribution in [0.4, 0.5) is 0 Å². The molecular weight excluding hydrogens is 350 g/mol. The van der Waals surface area contributed by atoms with E-state index in [0.717, 1.165) is 47.8 Å². The number of tetrazole rings is 1. The van der Waals surface area contributed by atoms with Gasteiger partial charge >= 0.3 is 0 Å². The first-order valence-corrected chi connectivity index (χ1v) is 10.5. The molecule has 6 nitrogen and oxygen atoms in total. The summed E-state index contributed by atoms with van der Waals surface area (Å²) in [5.74, 6) is 0.567. The molecule has 2 aliphatic rings. The van der Waals surface area contributed by atoms with E-state index >= 15 is 0 Å². The van der Waals surface area contributed by atoms with Crippen molar-refractivity contribution in [2.45, 2.75) is 71.4 Å². The molecule has 28 heavy (non-hydrogen) atoms. The molecule has 6 heteroatoms. The summed E-state index contributed by atoms with van der Waals surface area (Å²) in [6.07, 6.45) is 8.04. The molecule has 2 fully saturated rings. The van der Waals surface area contributed by atoms with E-state index in [1.165, 1.54) is 30.4 Å². The van der Waals surface area contributed by atoms with Crippen LogP contribution < -0.4 is 0 Å². The van der Waals surface area contributed by atoms with Gasteiger partial charge in [-0.2, -0.15) is 4.52 Å². The van der Waals surface area contributed by atoms with Crippen LogP contribution in [0, 0.1) is 19.8 Å². The quantitative estimate of drug-likeness (QED) is 0.690. The van der Waals surface area contributed by atoms with Gasteiger partial charge in [-0.3, -0.25) is 4.79 Å². The van der Waals surface area contributed by atoms with Crippen molar-refractivity contribution in [3.05, 3.63) is 34.9 Å². The van der Waals surface area contributed by atoms with E-state index < -0.39 is 0 Å². The summed E-state index contributed by atoms with van der Waals surface area (Å²) >= 11 is 0. The lowest BCUT2D eigenvalue weighted by atomic mass is 9.93. The Morgan fingerprint density at radius 3 is 2.57 bits per heavy atom. The third-order valence-corrected chi connectivity index (χ3v) is 6.52. The summed E-state index contributed by atoms with van der Waals surface area (Å²) in [5, 5.41) is 13.6. The lowest BCUT2D eigenvalue weighted by molar-refractivity contribution is -0.136. The summed E-state index contributed by atoms with van der Waals surface area (Å²) in [4.78, 5) is 15.3. The Balaban J connectivity index is 1.58. The Hall–Kier alpha value is -2.50. The fourth-order valence-electron chi connectivity index (χ4n) is 4.57.